The molecule has 13 heavy (non-hydrogen) atoms. The number of hydrogen-bond acceptors (Lipinski definition) is 1. The van der Waals surface area contributed by atoms with Crippen LogP contribution in [-0.2, 0) is 0 Å². The van der Waals surface area contributed by atoms with Crippen molar-refractivity contribution >= 4 is 18.4 Å². The summed E-state index contributed by atoms with van der Waals surface area (Å²) in [4.78, 5) is 3.87. The fraction of sp³-hybridized carbons (Fsp3) is 0.0833. The van der Waals surface area contributed by atoms with Crippen molar-refractivity contribution < 1.29 is 0 Å². The minimum Gasteiger partial charge on any atom is -0.297 e. The molecule has 0 bridgehead atoms. The lowest BCUT2D eigenvalue weighted by Gasteiger charge is -1.97. The Labute approximate surface area is 79.1 Å². The van der Waals surface area contributed by atoms with Gasteiger partial charge in [0.05, 0.1) is 0 Å². The average molecular weight is 171 g/mol. The second kappa shape index (κ2) is 5.09. The molecule has 1 rings (SSSR count). The number of rotatable bonds is 3. The Bertz CT molecular complexity index is 335. The van der Waals surface area contributed by atoms with E-state index in [0.29, 0.717) is 0 Å². The second-order valence-corrected chi connectivity index (χ2v) is 2.60. The predicted molar refractivity (Wildman–Crippen MR) is 60.0 cm³/mol. The Morgan fingerprint density at radius 1 is 1.23 bits per heavy atom. The van der Waals surface area contributed by atoms with Gasteiger partial charge in [0.2, 0.25) is 0 Å². The summed E-state index contributed by atoms with van der Waals surface area (Å²) >= 11 is 0. The molecule has 0 saturated carbocycles. The molecule has 66 valence electrons. The van der Waals surface area contributed by atoms with Crippen molar-refractivity contribution in [2.75, 3.05) is 7.05 Å². The fourth-order valence-corrected chi connectivity index (χ4v) is 1.08. The van der Waals surface area contributed by atoms with E-state index in [-0.39, 0.29) is 0 Å². The van der Waals surface area contributed by atoms with Crippen LogP contribution in [0.1, 0.15) is 11.1 Å². The number of hydrogen-bond donors (Lipinski definition) is 0. The molecule has 0 spiro atoms. The first-order chi connectivity index (χ1) is 6.38. The van der Waals surface area contributed by atoms with E-state index in [4.69, 9.17) is 0 Å². The van der Waals surface area contributed by atoms with Crippen LogP contribution in [0.15, 0.2) is 41.9 Å². The van der Waals surface area contributed by atoms with Crippen LogP contribution in [0.3, 0.4) is 0 Å². The van der Waals surface area contributed by atoms with Crippen molar-refractivity contribution in [2.24, 2.45) is 4.99 Å². The summed E-state index contributed by atoms with van der Waals surface area (Å²) in [5.74, 6) is 0. The molecule has 0 amide bonds. The lowest BCUT2D eigenvalue weighted by atomic mass is 10.1. The maximum Gasteiger partial charge on any atom is 0.0277 e. The molecule has 0 atom stereocenters. The van der Waals surface area contributed by atoms with E-state index in [1.807, 2.05) is 36.4 Å². The SMILES string of the molecule is C=Cc1ccccc1/C=C\C=NC. The van der Waals surface area contributed by atoms with Crippen LogP contribution in [0.25, 0.3) is 12.2 Å². The number of benzene rings is 1. The molecule has 0 fully saturated rings. The highest BCUT2D eigenvalue weighted by atomic mass is 14.6. The molecule has 1 heteroatoms. The summed E-state index contributed by atoms with van der Waals surface area (Å²) in [6.45, 7) is 3.75. The second-order valence-electron chi connectivity index (χ2n) is 2.60. The normalized spacial score (nSPS) is 11.2. The summed E-state index contributed by atoms with van der Waals surface area (Å²) in [6, 6.07) is 8.10. The van der Waals surface area contributed by atoms with E-state index < -0.39 is 0 Å². The van der Waals surface area contributed by atoms with Crippen LogP contribution in [0, 0.1) is 0 Å². The summed E-state index contributed by atoms with van der Waals surface area (Å²) in [7, 11) is 1.75. The molecule has 0 unspecified atom stereocenters. The molecule has 0 heterocycles. The van der Waals surface area contributed by atoms with Gasteiger partial charge in [-0.2, -0.15) is 0 Å². The topological polar surface area (TPSA) is 12.4 Å². The van der Waals surface area contributed by atoms with Crippen LogP contribution < -0.4 is 0 Å². The summed E-state index contributed by atoms with van der Waals surface area (Å²) < 4.78 is 0. The number of allylic oxidation sites excluding steroid dienone is 1. The zero-order valence-electron chi connectivity index (χ0n) is 7.77. The van der Waals surface area contributed by atoms with Crippen molar-refractivity contribution in [3.05, 3.63) is 48.0 Å². The lowest BCUT2D eigenvalue weighted by Crippen LogP contribution is -1.78. The summed E-state index contributed by atoms with van der Waals surface area (Å²) in [5.41, 5.74) is 2.31. The van der Waals surface area contributed by atoms with Crippen LogP contribution in [0.2, 0.25) is 0 Å². The van der Waals surface area contributed by atoms with Gasteiger partial charge in [-0.05, 0) is 17.2 Å². The molecule has 1 aromatic carbocycles. The highest BCUT2D eigenvalue weighted by Gasteiger charge is 1.90. The third-order valence-corrected chi connectivity index (χ3v) is 1.73. The van der Waals surface area contributed by atoms with Gasteiger partial charge in [-0.25, -0.2) is 0 Å². The quantitative estimate of drug-likeness (QED) is 0.620. The number of nitrogens with zero attached hydrogens (tertiary/aromatic N) is 1. The first kappa shape index (κ1) is 9.46. The minimum atomic E-state index is 1.14. The third kappa shape index (κ3) is 2.71. The first-order valence-corrected chi connectivity index (χ1v) is 4.19. The van der Waals surface area contributed by atoms with Crippen LogP contribution in [-0.4, -0.2) is 13.3 Å². The maximum absolute atomic E-state index is 3.87. The van der Waals surface area contributed by atoms with Crippen molar-refractivity contribution in [1.29, 1.82) is 0 Å². The molecule has 0 aliphatic carbocycles. The van der Waals surface area contributed by atoms with Gasteiger partial charge in [0.15, 0.2) is 0 Å². The monoisotopic (exact) mass is 171 g/mol. The van der Waals surface area contributed by atoms with Gasteiger partial charge < -0.3 is 0 Å². The third-order valence-electron chi connectivity index (χ3n) is 1.73. The van der Waals surface area contributed by atoms with Gasteiger partial charge in [-0.15, -0.1) is 0 Å². The van der Waals surface area contributed by atoms with Crippen molar-refractivity contribution in [2.45, 2.75) is 0 Å². The Balaban J connectivity index is 2.93. The minimum absolute atomic E-state index is 1.14. The van der Waals surface area contributed by atoms with Crippen molar-refractivity contribution in [3.63, 3.8) is 0 Å². The van der Waals surface area contributed by atoms with Gasteiger partial charge in [0, 0.05) is 13.3 Å². The molecule has 0 radical (unpaired) electrons. The average Bonchev–Trinajstić information content (AvgIpc) is 2.19. The van der Waals surface area contributed by atoms with E-state index in [2.05, 4.69) is 17.6 Å². The molecule has 0 aliphatic heterocycles. The molecule has 0 aromatic heterocycles. The molecular weight excluding hydrogens is 158 g/mol. The van der Waals surface area contributed by atoms with Gasteiger partial charge in [0.1, 0.15) is 0 Å². The zero-order chi connectivity index (χ0) is 9.52. The lowest BCUT2D eigenvalue weighted by molar-refractivity contribution is 1.48. The van der Waals surface area contributed by atoms with Gasteiger partial charge in [0.25, 0.3) is 0 Å². The van der Waals surface area contributed by atoms with E-state index in [0.717, 1.165) is 11.1 Å². The molecular formula is C12H13N. The smallest absolute Gasteiger partial charge is 0.0277 e. The van der Waals surface area contributed by atoms with Crippen LogP contribution in [0.5, 0.6) is 0 Å². The van der Waals surface area contributed by atoms with Crippen molar-refractivity contribution in [1.82, 2.24) is 0 Å². The Kier molecular flexibility index (Phi) is 3.71. The van der Waals surface area contributed by atoms with Crippen LogP contribution in [0.4, 0.5) is 0 Å². The number of aliphatic imine (C=N–C) groups is 1. The van der Waals surface area contributed by atoms with E-state index >= 15 is 0 Å². The predicted octanol–water partition coefficient (Wildman–Crippen LogP) is 3.04. The zero-order valence-corrected chi connectivity index (χ0v) is 7.77. The Morgan fingerprint density at radius 2 is 1.92 bits per heavy atom. The highest BCUT2D eigenvalue weighted by Crippen LogP contribution is 2.11. The Hall–Kier alpha value is -1.63. The molecule has 0 saturated heterocycles. The summed E-state index contributed by atoms with van der Waals surface area (Å²) in [6.07, 6.45) is 7.55. The fourth-order valence-electron chi connectivity index (χ4n) is 1.08. The first-order valence-electron chi connectivity index (χ1n) is 4.19. The van der Waals surface area contributed by atoms with Crippen LogP contribution >= 0.6 is 0 Å². The van der Waals surface area contributed by atoms with E-state index in [1.165, 1.54) is 0 Å². The molecule has 0 aliphatic rings. The van der Waals surface area contributed by atoms with Gasteiger partial charge in [-0.1, -0.05) is 43.0 Å². The van der Waals surface area contributed by atoms with Gasteiger partial charge in [-0.3, -0.25) is 4.99 Å². The molecule has 0 N–H and O–H groups in total. The molecule has 1 nitrogen and oxygen atoms in total. The standard InChI is InChI=1S/C12H13N/c1-3-11-7-4-5-8-12(11)9-6-10-13-2/h3-10H,1H2,2H3/b9-6-,13-10?. The van der Waals surface area contributed by atoms with Gasteiger partial charge >= 0.3 is 0 Å². The summed E-state index contributed by atoms with van der Waals surface area (Å²) in [5, 5.41) is 0. The largest absolute Gasteiger partial charge is 0.297 e. The highest BCUT2D eigenvalue weighted by molar-refractivity contribution is 5.79. The van der Waals surface area contributed by atoms with Crippen molar-refractivity contribution in [3.8, 4) is 0 Å². The molecule has 1 aromatic rings. The van der Waals surface area contributed by atoms with E-state index in [9.17, 15) is 0 Å². The van der Waals surface area contributed by atoms with E-state index in [1.54, 1.807) is 13.3 Å². The maximum atomic E-state index is 3.87. The Morgan fingerprint density at radius 3 is 2.54 bits per heavy atom.